The summed E-state index contributed by atoms with van der Waals surface area (Å²) in [5.74, 6) is 0.545. The molecule has 0 aliphatic carbocycles. The molecule has 0 spiro atoms. The van der Waals surface area contributed by atoms with Crippen molar-refractivity contribution in [2.45, 2.75) is 20.4 Å². The van der Waals surface area contributed by atoms with Crippen molar-refractivity contribution in [3.05, 3.63) is 46.8 Å². The number of carbonyl (C=O) groups excluding carboxylic acids is 2. The fraction of sp³-hybridized carbons (Fsp3) is 0.429. The molecule has 0 N–H and O–H groups in total. The molecule has 1 saturated heterocycles. The van der Waals surface area contributed by atoms with Gasteiger partial charge in [-0.05, 0) is 44.2 Å². The highest BCUT2D eigenvalue weighted by molar-refractivity contribution is 5.76. The van der Waals surface area contributed by atoms with E-state index in [1.54, 1.807) is 22.8 Å². The minimum absolute atomic E-state index is 0.150. The summed E-state index contributed by atoms with van der Waals surface area (Å²) in [6, 6.07) is 10.4. The van der Waals surface area contributed by atoms with Crippen molar-refractivity contribution in [1.82, 2.24) is 19.6 Å². The van der Waals surface area contributed by atoms with E-state index in [0.29, 0.717) is 45.1 Å². The van der Waals surface area contributed by atoms with Crippen LogP contribution < -0.4 is 10.3 Å². The van der Waals surface area contributed by atoms with Gasteiger partial charge in [-0.2, -0.15) is 5.10 Å². The Bertz CT molecular complexity index is 933. The predicted molar refractivity (Wildman–Crippen MR) is 110 cm³/mol. The van der Waals surface area contributed by atoms with Gasteiger partial charge in [-0.15, -0.1) is 0 Å². The molecular formula is C21H26N4O5. The molecule has 1 aliphatic rings. The monoisotopic (exact) mass is 414 g/mol. The number of amides is 2. The van der Waals surface area contributed by atoms with E-state index >= 15 is 0 Å². The van der Waals surface area contributed by atoms with Crippen LogP contribution in [0.25, 0.3) is 11.3 Å². The molecule has 0 atom stereocenters. The number of hydrogen-bond donors (Lipinski definition) is 0. The van der Waals surface area contributed by atoms with Crippen LogP contribution in [0.1, 0.15) is 13.8 Å². The van der Waals surface area contributed by atoms with Gasteiger partial charge in [-0.1, -0.05) is 0 Å². The highest BCUT2D eigenvalue weighted by atomic mass is 16.6. The van der Waals surface area contributed by atoms with E-state index in [2.05, 4.69) is 5.10 Å². The second-order valence-corrected chi connectivity index (χ2v) is 6.74. The van der Waals surface area contributed by atoms with E-state index in [0.717, 1.165) is 11.3 Å². The van der Waals surface area contributed by atoms with E-state index in [9.17, 15) is 14.4 Å². The Balaban J connectivity index is 1.65. The molecule has 0 saturated carbocycles. The highest BCUT2D eigenvalue weighted by Gasteiger charge is 2.25. The van der Waals surface area contributed by atoms with Crippen molar-refractivity contribution in [2.75, 3.05) is 39.4 Å². The van der Waals surface area contributed by atoms with Crippen LogP contribution in [-0.2, 0) is 16.1 Å². The van der Waals surface area contributed by atoms with Crippen molar-refractivity contribution < 1.29 is 19.1 Å². The Hall–Kier alpha value is -3.36. The highest BCUT2D eigenvalue weighted by Crippen LogP contribution is 2.20. The van der Waals surface area contributed by atoms with Gasteiger partial charge in [0.1, 0.15) is 12.3 Å². The number of carbonyl (C=O) groups is 2. The van der Waals surface area contributed by atoms with Gasteiger partial charge in [-0.3, -0.25) is 9.59 Å². The fourth-order valence-electron chi connectivity index (χ4n) is 3.19. The van der Waals surface area contributed by atoms with Gasteiger partial charge in [0.2, 0.25) is 5.91 Å². The third-order valence-corrected chi connectivity index (χ3v) is 4.77. The maximum atomic E-state index is 12.7. The van der Waals surface area contributed by atoms with Gasteiger partial charge in [0.05, 0.1) is 18.9 Å². The smallest absolute Gasteiger partial charge is 0.409 e. The molecular weight excluding hydrogens is 388 g/mol. The molecule has 30 heavy (non-hydrogen) atoms. The molecule has 0 radical (unpaired) electrons. The van der Waals surface area contributed by atoms with Gasteiger partial charge in [0.15, 0.2) is 0 Å². The summed E-state index contributed by atoms with van der Waals surface area (Å²) in [7, 11) is 0. The second kappa shape index (κ2) is 9.91. The summed E-state index contributed by atoms with van der Waals surface area (Å²) in [5, 5.41) is 4.35. The van der Waals surface area contributed by atoms with E-state index < -0.39 is 0 Å². The lowest BCUT2D eigenvalue weighted by Gasteiger charge is -2.34. The van der Waals surface area contributed by atoms with Crippen LogP contribution in [0.4, 0.5) is 4.79 Å². The standard InChI is InChI=1S/C21H26N4O5/c1-3-29-17-7-5-16(6-8-17)18-9-10-19(26)25(22-18)15-20(27)23-11-13-24(14-12-23)21(28)30-4-2/h5-10H,3-4,11-15H2,1-2H3. The van der Waals surface area contributed by atoms with Gasteiger partial charge in [0, 0.05) is 37.8 Å². The Morgan fingerprint density at radius 2 is 1.60 bits per heavy atom. The van der Waals surface area contributed by atoms with E-state index in [1.165, 1.54) is 10.7 Å². The van der Waals surface area contributed by atoms with Gasteiger partial charge in [0.25, 0.3) is 5.56 Å². The summed E-state index contributed by atoms with van der Waals surface area (Å²) >= 11 is 0. The van der Waals surface area contributed by atoms with Crippen LogP contribution in [0.2, 0.25) is 0 Å². The Labute approximate surface area is 174 Å². The SMILES string of the molecule is CCOC(=O)N1CCN(C(=O)Cn2nc(-c3ccc(OCC)cc3)ccc2=O)CC1. The third kappa shape index (κ3) is 5.16. The Morgan fingerprint density at radius 1 is 0.933 bits per heavy atom. The minimum Gasteiger partial charge on any atom is -0.494 e. The Morgan fingerprint density at radius 3 is 2.23 bits per heavy atom. The van der Waals surface area contributed by atoms with E-state index in [4.69, 9.17) is 9.47 Å². The first kappa shape index (κ1) is 21.4. The molecule has 9 heteroatoms. The summed E-state index contributed by atoms with van der Waals surface area (Å²) < 4.78 is 11.6. The maximum absolute atomic E-state index is 12.7. The zero-order valence-corrected chi connectivity index (χ0v) is 17.2. The molecule has 1 aliphatic heterocycles. The normalized spacial score (nSPS) is 13.8. The second-order valence-electron chi connectivity index (χ2n) is 6.74. The lowest BCUT2D eigenvalue weighted by atomic mass is 10.1. The first-order valence-electron chi connectivity index (χ1n) is 10.0. The lowest BCUT2D eigenvalue weighted by molar-refractivity contribution is -0.133. The van der Waals surface area contributed by atoms with Crippen LogP contribution >= 0.6 is 0 Å². The summed E-state index contributed by atoms with van der Waals surface area (Å²) in [6.45, 7) is 6.01. The number of hydrogen-bond acceptors (Lipinski definition) is 6. The first-order valence-corrected chi connectivity index (χ1v) is 10.0. The zero-order valence-electron chi connectivity index (χ0n) is 17.2. The summed E-state index contributed by atoms with van der Waals surface area (Å²) in [4.78, 5) is 39.9. The number of piperazine rings is 1. The van der Waals surface area contributed by atoms with E-state index in [-0.39, 0.29) is 24.1 Å². The molecule has 3 rings (SSSR count). The molecule has 2 amide bonds. The van der Waals surface area contributed by atoms with Crippen molar-refractivity contribution >= 4 is 12.0 Å². The van der Waals surface area contributed by atoms with Crippen LogP contribution in [-0.4, -0.2) is 71.0 Å². The van der Waals surface area contributed by atoms with Crippen LogP contribution in [0, 0.1) is 0 Å². The molecule has 0 bridgehead atoms. The molecule has 1 aromatic carbocycles. The molecule has 1 fully saturated rings. The first-order chi connectivity index (χ1) is 14.5. The zero-order chi connectivity index (χ0) is 21.5. The number of benzene rings is 1. The van der Waals surface area contributed by atoms with E-state index in [1.807, 2.05) is 31.2 Å². The van der Waals surface area contributed by atoms with Gasteiger partial charge < -0.3 is 19.3 Å². The third-order valence-electron chi connectivity index (χ3n) is 4.77. The van der Waals surface area contributed by atoms with Crippen molar-refractivity contribution in [2.24, 2.45) is 0 Å². The van der Waals surface area contributed by atoms with Crippen LogP contribution in [0.3, 0.4) is 0 Å². The average molecular weight is 414 g/mol. The van der Waals surface area contributed by atoms with Crippen molar-refractivity contribution in [3.63, 3.8) is 0 Å². The van der Waals surface area contributed by atoms with Gasteiger partial charge >= 0.3 is 6.09 Å². The quantitative estimate of drug-likeness (QED) is 0.713. The predicted octanol–water partition coefficient (Wildman–Crippen LogP) is 1.61. The number of rotatable bonds is 6. The van der Waals surface area contributed by atoms with Crippen molar-refractivity contribution in [3.8, 4) is 17.0 Å². The average Bonchev–Trinajstić information content (AvgIpc) is 2.76. The molecule has 0 unspecified atom stereocenters. The lowest BCUT2D eigenvalue weighted by Crippen LogP contribution is -2.51. The molecule has 9 nitrogen and oxygen atoms in total. The molecule has 2 aromatic rings. The number of nitrogens with zero attached hydrogens (tertiary/aromatic N) is 4. The van der Waals surface area contributed by atoms with Crippen LogP contribution in [0.5, 0.6) is 5.75 Å². The molecule has 2 heterocycles. The summed E-state index contributed by atoms with van der Waals surface area (Å²) in [6.07, 6.45) is -0.370. The Kier molecular flexibility index (Phi) is 7.05. The summed E-state index contributed by atoms with van der Waals surface area (Å²) in [5.41, 5.74) is 1.07. The number of aromatic nitrogens is 2. The molecule has 1 aromatic heterocycles. The van der Waals surface area contributed by atoms with Crippen LogP contribution in [0.15, 0.2) is 41.2 Å². The maximum Gasteiger partial charge on any atom is 0.409 e. The van der Waals surface area contributed by atoms with Crippen molar-refractivity contribution in [1.29, 1.82) is 0 Å². The largest absolute Gasteiger partial charge is 0.494 e. The fourth-order valence-corrected chi connectivity index (χ4v) is 3.19. The molecule has 160 valence electrons. The van der Waals surface area contributed by atoms with Gasteiger partial charge in [-0.25, -0.2) is 9.48 Å². The minimum atomic E-state index is -0.370. The topological polar surface area (TPSA) is 94.0 Å². The number of ether oxygens (including phenoxy) is 2.